The Morgan fingerprint density at radius 2 is 1.72 bits per heavy atom. The zero-order valence-electron chi connectivity index (χ0n) is 18.2. The van der Waals surface area contributed by atoms with Gasteiger partial charge in [-0.25, -0.2) is 4.98 Å². The van der Waals surface area contributed by atoms with E-state index in [1.54, 1.807) is 24.3 Å². The second kappa shape index (κ2) is 10.8. The third kappa shape index (κ3) is 6.87. The Morgan fingerprint density at radius 3 is 2.44 bits per heavy atom. The number of hydrogen-bond donors (Lipinski definition) is 2. The van der Waals surface area contributed by atoms with E-state index in [2.05, 4.69) is 27.5 Å². The number of halogens is 3. The number of ether oxygens (including phenoxy) is 1. The van der Waals surface area contributed by atoms with Crippen LogP contribution < -0.4 is 15.4 Å². The highest BCUT2D eigenvalue weighted by molar-refractivity contribution is 5.64. The summed E-state index contributed by atoms with van der Waals surface area (Å²) in [7, 11) is 0. The summed E-state index contributed by atoms with van der Waals surface area (Å²) in [6, 6.07) is 14.2. The van der Waals surface area contributed by atoms with Gasteiger partial charge >= 0.3 is 6.18 Å². The van der Waals surface area contributed by atoms with Crippen molar-refractivity contribution < 1.29 is 17.9 Å². The first-order chi connectivity index (χ1) is 15.3. The fourth-order valence-corrected chi connectivity index (χ4v) is 3.03. The topological polar surface area (TPSA) is 59.1 Å². The number of aryl methyl sites for hydroxylation is 1. The molecule has 32 heavy (non-hydrogen) atoms. The molecule has 1 heterocycles. The molecule has 5 nitrogen and oxygen atoms in total. The quantitative estimate of drug-likeness (QED) is 0.323. The standard InChI is InChI=1S/C24H27F3N4O/c1-3-4-5-6-14-32-20-9-7-8-19(15-20)29-22-21(24(25,26)27)16-28-23(31-22)30-18-12-10-17(2)11-13-18/h7-13,15-16H,3-6,14H2,1-2H3,(H2,28,29,30,31). The summed E-state index contributed by atoms with van der Waals surface area (Å²) in [4.78, 5) is 7.92. The van der Waals surface area contributed by atoms with Crippen LogP contribution in [-0.2, 0) is 6.18 Å². The first-order valence-corrected chi connectivity index (χ1v) is 10.6. The molecule has 1 aromatic heterocycles. The Balaban J connectivity index is 1.77. The SMILES string of the molecule is CCCCCCOc1cccc(Nc2nc(Nc3ccc(C)cc3)ncc2C(F)(F)F)c1. The normalized spacial score (nSPS) is 11.3. The van der Waals surface area contributed by atoms with Gasteiger partial charge in [-0.15, -0.1) is 0 Å². The van der Waals surface area contributed by atoms with Gasteiger partial charge in [-0.2, -0.15) is 18.2 Å². The Labute approximate surface area is 186 Å². The summed E-state index contributed by atoms with van der Waals surface area (Å²) in [5.41, 5.74) is 1.25. The molecule has 0 fully saturated rings. The molecule has 0 amide bonds. The number of hydrogen-bond acceptors (Lipinski definition) is 5. The van der Waals surface area contributed by atoms with Crippen LogP contribution in [0.1, 0.15) is 43.7 Å². The Morgan fingerprint density at radius 1 is 0.938 bits per heavy atom. The van der Waals surface area contributed by atoms with Gasteiger partial charge < -0.3 is 15.4 Å². The summed E-state index contributed by atoms with van der Waals surface area (Å²) in [6.45, 7) is 4.65. The van der Waals surface area contributed by atoms with E-state index < -0.39 is 11.7 Å². The Hall–Kier alpha value is -3.29. The van der Waals surface area contributed by atoms with Crippen molar-refractivity contribution >= 4 is 23.1 Å². The van der Waals surface area contributed by atoms with Gasteiger partial charge in [-0.1, -0.05) is 49.9 Å². The van der Waals surface area contributed by atoms with Gasteiger partial charge in [0.1, 0.15) is 17.1 Å². The molecule has 2 N–H and O–H groups in total. The summed E-state index contributed by atoms with van der Waals surface area (Å²) in [6.07, 6.45) is 0.487. The van der Waals surface area contributed by atoms with E-state index in [0.717, 1.165) is 37.4 Å². The highest BCUT2D eigenvalue weighted by Crippen LogP contribution is 2.35. The van der Waals surface area contributed by atoms with Gasteiger partial charge in [0.05, 0.1) is 6.61 Å². The fourth-order valence-electron chi connectivity index (χ4n) is 3.03. The monoisotopic (exact) mass is 444 g/mol. The highest BCUT2D eigenvalue weighted by Gasteiger charge is 2.35. The Bertz CT molecular complexity index is 1010. The molecule has 3 rings (SSSR count). The van der Waals surface area contributed by atoms with E-state index in [4.69, 9.17) is 4.74 Å². The number of unbranched alkanes of at least 4 members (excludes halogenated alkanes) is 3. The molecule has 0 spiro atoms. The van der Waals surface area contributed by atoms with Crippen molar-refractivity contribution in [3.05, 3.63) is 65.9 Å². The van der Waals surface area contributed by atoms with Crippen molar-refractivity contribution in [1.29, 1.82) is 0 Å². The molecule has 0 atom stereocenters. The van der Waals surface area contributed by atoms with E-state index >= 15 is 0 Å². The molecule has 0 radical (unpaired) electrons. The van der Waals surface area contributed by atoms with E-state index in [-0.39, 0.29) is 11.8 Å². The van der Waals surface area contributed by atoms with Crippen LogP contribution in [0.2, 0.25) is 0 Å². The number of anilines is 4. The zero-order chi connectivity index (χ0) is 23.0. The summed E-state index contributed by atoms with van der Waals surface area (Å²) in [5.74, 6) is 0.321. The molecule has 170 valence electrons. The highest BCUT2D eigenvalue weighted by atomic mass is 19.4. The molecule has 0 aliphatic carbocycles. The minimum absolute atomic E-state index is 0.0627. The van der Waals surface area contributed by atoms with Gasteiger partial charge in [-0.05, 0) is 37.6 Å². The van der Waals surface area contributed by atoms with Crippen LogP contribution in [-0.4, -0.2) is 16.6 Å². The number of rotatable bonds is 10. The Kier molecular flexibility index (Phi) is 7.92. The summed E-state index contributed by atoms with van der Waals surface area (Å²) >= 11 is 0. The molecule has 3 aromatic rings. The van der Waals surface area contributed by atoms with Gasteiger partial charge in [0.25, 0.3) is 0 Å². The molecule has 8 heteroatoms. The van der Waals surface area contributed by atoms with Crippen LogP contribution in [0.5, 0.6) is 5.75 Å². The lowest BCUT2D eigenvalue weighted by atomic mass is 10.2. The van der Waals surface area contributed by atoms with Crippen molar-refractivity contribution in [3.63, 3.8) is 0 Å². The second-order valence-electron chi connectivity index (χ2n) is 7.51. The van der Waals surface area contributed by atoms with Crippen molar-refractivity contribution in [1.82, 2.24) is 9.97 Å². The minimum atomic E-state index is -4.60. The average Bonchev–Trinajstić information content (AvgIpc) is 2.75. The number of aromatic nitrogens is 2. The molecular formula is C24H27F3N4O. The lowest BCUT2D eigenvalue weighted by Gasteiger charge is -2.15. The molecular weight excluding hydrogens is 417 g/mol. The van der Waals surface area contributed by atoms with Crippen LogP contribution in [0.4, 0.5) is 36.3 Å². The molecule has 0 aliphatic rings. The third-order valence-corrected chi connectivity index (χ3v) is 4.77. The predicted octanol–water partition coefficient (Wildman–Crippen LogP) is 7.25. The van der Waals surface area contributed by atoms with Gasteiger partial charge in [-0.3, -0.25) is 0 Å². The molecule has 0 saturated heterocycles. The maximum atomic E-state index is 13.5. The summed E-state index contributed by atoms with van der Waals surface area (Å²) in [5, 5.41) is 5.71. The minimum Gasteiger partial charge on any atom is -0.494 e. The lowest BCUT2D eigenvalue weighted by Crippen LogP contribution is -2.12. The second-order valence-corrected chi connectivity index (χ2v) is 7.51. The average molecular weight is 445 g/mol. The first-order valence-electron chi connectivity index (χ1n) is 10.6. The smallest absolute Gasteiger partial charge is 0.421 e. The van der Waals surface area contributed by atoms with Gasteiger partial charge in [0, 0.05) is 23.6 Å². The summed E-state index contributed by atoms with van der Waals surface area (Å²) < 4.78 is 46.3. The van der Waals surface area contributed by atoms with E-state index in [1.807, 2.05) is 31.2 Å². The molecule has 0 bridgehead atoms. The van der Waals surface area contributed by atoms with Gasteiger partial charge in [0.15, 0.2) is 0 Å². The number of benzene rings is 2. The number of alkyl halides is 3. The number of nitrogens with one attached hydrogen (secondary N) is 2. The van der Waals surface area contributed by atoms with E-state index in [9.17, 15) is 13.2 Å². The van der Waals surface area contributed by atoms with Crippen LogP contribution >= 0.6 is 0 Å². The van der Waals surface area contributed by atoms with Crippen molar-refractivity contribution in [3.8, 4) is 5.75 Å². The third-order valence-electron chi connectivity index (χ3n) is 4.77. The molecule has 0 unspecified atom stereocenters. The molecule has 2 aromatic carbocycles. The van der Waals surface area contributed by atoms with E-state index in [1.165, 1.54) is 0 Å². The van der Waals surface area contributed by atoms with Crippen LogP contribution in [0, 0.1) is 6.92 Å². The van der Waals surface area contributed by atoms with E-state index in [0.29, 0.717) is 23.7 Å². The van der Waals surface area contributed by atoms with Crippen LogP contribution in [0.15, 0.2) is 54.7 Å². The van der Waals surface area contributed by atoms with Crippen LogP contribution in [0.3, 0.4) is 0 Å². The van der Waals surface area contributed by atoms with Crippen molar-refractivity contribution in [2.45, 2.75) is 45.7 Å². The maximum absolute atomic E-state index is 13.5. The number of nitrogens with zero attached hydrogens (tertiary/aromatic N) is 2. The van der Waals surface area contributed by atoms with Gasteiger partial charge in [0.2, 0.25) is 5.95 Å². The predicted molar refractivity (Wildman–Crippen MR) is 121 cm³/mol. The molecule has 0 saturated carbocycles. The fraction of sp³-hybridized carbons (Fsp3) is 0.333. The van der Waals surface area contributed by atoms with Crippen molar-refractivity contribution in [2.75, 3.05) is 17.2 Å². The molecule has 0 aliphatic heterocycles. The van der Waals surface area contributed by atoms with Crippen molar-refractivity contribution in [2.24, 2.45) is 0 Å². The largest absolute Gasteiger partial charge is 0.494 e. The first kappa shape index (κ1) is 23.4. The lowest BCUT2D eigenvalue weighted by molar-refractivity contribution is -0.137. The maximum Gasteiger partial charge on any atom is 0.421 e. The zero-order valence-corrected chi connectivity index (χ0v) is 18.2. The van der Waals surface area contributed by atoms with Crippen LogP contribution in [0.25, 0.3) is 0 Å².